The Labute approximate surface area is 404 Å². The average Bonchev–Trinajstić information content (AvgIpc) is 4.18. The summed E-state index contributed by atoms with van der Waals surface area (Å²) in [6, 6.07) is 8.58. The van der Waals surface area contributed by atoms with E-state index in [9.17, 15) is 10.2 Å². The fourth-order valence-electron chi connectivity index (χ4n) is 8.09. The number of ether oxygens (including phenoxy) is 2. The molecule has 0 radical (unpaired) electrons. The number of aromatic nitrogens is 10. The number of hydrogen-bond acceptors (Lipinski definition) is 12. The molecule has 14 nitrogen and oxygen atoms in total. The van der Waals surface area contributed by atoms with Crippen LogP contribution < -0.4 is 9.47 Å². The maximum absolute atomic E-state index is 10.1. The van der Waals surface area contributed by atoms with Crippen molar-refractivity contribution in [3.05, 3.63) is 107 Å². The zero-order chi connectivity index (χ0) is 49.7. The molecular weight excluding hydrogens is 853 g/mol. The molecule has 2 saturated carbocycles. The topological polar surface area (TPSA) is 172 Å². The number of aliphatic hydroxyl groups excluding tert-OH is 2. The Morgan fingerprint density at radius 3 is 1.29 bits per heavy atom. The molecule has 68 heavy (non-hydrogen) atoms. The molecule has 0 saturated heterocycles. The first-order chi connectivity index (χ1) is 32.1. The zero-order valence-corrected chi connectivity index (χ0v) is 43.2. The van der Waals surface area contributed by atoms with Crippen molar-refractivity contribution in [2.24, 2.45) is 42.7 Å². The second kappa shape index (κ2) is 21.8. The molecule has 8 rings (SSSR count). The Balaban J connectivity index is 0.000000187. The summed E-state index contributed by atoms with van der Waals surface area (Å²) in [5.74, 6) is 4.88. The van der Waals surface area contributed by atoms with Crippen molar-refractivity contribution in [3.8, 4) is 34.0 Å². The molecule has 0 aromatic carbocycles. The zero-order valence-electron chi connectivity index (χ0n) is 43.2. The predicted molar refractivity (Wildman–Crippen MR) is 267 cm³/mol. The van der Waals surface area contributed by atoms with Crippen molar-refractivity contribution in [1.29, 1.82) is 0 Å². The molecule has 2 aliphatic rings. The van der Waals surface area contributed by atoms with Crippen LogP contribution in [0.1, 0.15) is 159 Å². The van der Waals surface area contributed by atoms with E-state index in [2.05, 4.69) is 127 Å². The van der Waals surface area contributed by atoms with Crippen molar-refractivity contribution in [1.82, 2.24) is 49.5 Å². The van der Waals surface area contributed by atoms with Gasteiger partial charge in [-0.3, -0.25) is 19.3 Å². The molecule has 2 aliphatic carbocycles. The maximum Gasteiger partial charge on any atom is 0.224 e. The second-order valence-electron chi connectivity index (χ2n) is 20.7. The van der Waals surface area contributed by atoms with Crippen LogP contribution in [-0.4, -0.2) is 72.9 Å². The van der Waals surface area contributed by atoms with Crippen LogP contribution in [0.3, 0.4) is 0 Å². The molecule has 2 N–H and O–H groups in total. The van der Waals surface area contributed by atoms with Gasteiger partial charge in [0.05, 0.1) is 47.9 Å². The monoisotopic (exact) mass is 929 g/mol. The van der Waals surface area contributed by atoms with E-state index in [1.807, 2.05) is 52.7 Å². The van der Waals surface area contributed by atoms with Gasteiger partial charge < -0.3 is 19.7 Å². The lowest BCUT2D eigenvalue weighted by atomic mass is 9.63. The highest BCUT2D eigenvalue weighted by Crippen LogP contribution is 2.48. The molecule has 0 bridgehead atoms. The fourth-order valence-corrected chi connectivity index (χ4v) is 8.09. The summed E-state index contributed by atoms with van der Waals surface area (Å²) in [6.45, 7) is 28.7. The lowest BCUT2D eigenvalue weighted by Crippen LogP contribution is -2.34. The van der Waals surface area contributed by atoms with E-state index >= 15 is 0 Å². The molecule has 6 atom stereocenters. The van der Waals surface area contributed by atoms with Gasteiger partial charge in [-0.25, -0.2) is 9.97 Å². The Morgan fingerprint density at radius 1 is 0.603 bits per heavy atom. The molecule has 6 aromatic rings. The minimum atomic E-state index is -0.690. The van der Waals surface area contributed by atoms with Gasteiger partial charge in [-0.2, -0.15) is 20.2 Å². The van der Waals surface area contributed by atoms with Gasteiger partial charge in [0.15, 0.2) is 0 Å². The summed E-state index contributed by atoms with van der Waals surface area (Å²) in [6.07, 6.45) is 13.9. The molecular formula is C54H76N10O4. The summed E-state index contributed by atoms with van der Waals surface area (Å²) < 4.78 is 15.6. The molecule has 6 heterocycles. The molecule has 2 fully saturated rings. The highest BCUT2D eigenvalue weighted by Gasteiger charge is 2.41. The van der Waals surface area contributed by atoms with Crippen molar-refractivity contribution in [3.63, 3.8) is 0 Å². The van der Waals surface area contributed by atoms with Crippen LogP contribution >= 0.6 is 0 Å². The normalized spacial score (nSPS) is 18.5. The molecule has 0 amide bonds. The highest BCUT2D eigenvalue weighted by molar-refractivity contribution is 5.70. The second-order valence-corrected chi connectivity index (χ2v) is 20.7. The van der Waals surface area contributed by atoms with E-state index in [4.69, 9.17) is 9.47 Å². The average molecular weight is 929 g/mol. The van der Waals surface area contributed by atoms with Crippen molar-refractivity contribution < 1.29 is 19.7 Å². The van der Waals surface area contributed by atoms with E-state index in [0.717, 1.165) is 65.2 Å². The maximum atomic E-state index is 10.1. The van der Waals surface area contributed by atoms with Crippen LogP contribution in [0.5, 0.6) is 11.8 Å². The van der Waals surface area contributed by atoms with E-state index in [0.29, 0.717) is 82.5 Å². The van der Waals surface area contributed by atoms with Crippen LogP contribution in [0, 0.1) is 42.4 Å². The van der Waals surface area contributed by atoms with E-state index in [1.54, 1.807) is 35.6 Å². The van der Waals surface area contributed by atoms with Gasteiger partial charge in [0, 0.05) is 97.5 Å². The predicted octanol–water partition coefficient (Wildman–Crippen LogP) is 10.5. The highest BCUT2D eigenvalue weighted by atomic mass is 16.5. The standard InChI is InChI=1S/2C22H27N5O2.C10H22/c2*1-5-15-6-7-20(24-9-15)17-8-16(17)12-29-22-18(10-23-14(3)25-22)19-11-27(4)26-21(19)13(2)28;1-8(2)10(6,7)9(3,4)5/h2*6-7,9-11,13,16-17,28H,5,8,12H2,1-4H3;8H,1-7H3/t2*13?,16-,17+;/m11./s1. The summed E-state index contributed by atoms with van der Waals surface area (Å²) in [5.41, 5.74) is 9.92. The third kappa shape index (κ3) is 12.7. The van der Waals surface area contributed by atoms with E-state index in [1.165, 1.54) is 11.1 Å². The van der Waals surface area contributed by atoms with Crippen molar-refractivity contribution in [2.75, 3.05) is 13.2 Å². The van der Waals surface area contributed by atoms with Crippen LogP contribution in [0.4, 0.5) is 0 Å². The largest absolute Gasteiger partial charge is 0.477 e. The number of pyridine rings is 2. The van der Waals surface area contributed by atoms with Gasteiger partial charge in [-0.1, -0.05) is 74.4 Å². The first-order valence-electron chi connectivity index (χ1n) is 24.4. The van der Waals surface area contributed by atoms with Gasteiger partial charge in [0.2, 0.25) is 11.8 Å². The summed E-state index contributed by atoms with van der Waals surface area (Å²) in [4.78, 5) is 26.9. The molecule has 366 valence electrons. The van der Waals surface area contributed by atoms with Gasteiger partial charge in [-0.15, -0.1) is 0 Å². The Morgan fingerprint density at radius 2 is 1.00 bits per heavy atom. The summed E-state index contributed by atoms with van der Waals surface area (Å²) >= 11 is 0. The van der Waals surface area contributed by atoms with Crippen LogP contribution in [0.15, 0.2) is 61.4 Å². The number of rotatable bonds is 15. The van der Waals surface area contributed by atoms with Crippen LogP contribution in [-0.2, 0) is 26.9 Å². The van der Waals surface area contributed by atoms with Crippen LogP contribution in [0.25, 0.3) is 22.3 Å². The van der Waals surface area contributed by atoms with Gasteiger partial charge in [0.25, 0.3) is 0 Å². The molecule has 0 spiro atoms. The minimum absolute atomic E-state index is 0.418. The van der Waals surface area contributed by atoms with Crippen molar-refractivity contribution >= 4 is 0 Å². The number of hydrogen-bond donors (Lipinski definition) is 2. The lowest BCUT2D eigenvalue weighted by Gasteiger charge is -2.42. The van der Waals surface area contributed by atoms with Gasteiger partial charge in [-0.05, 0) is 93.4 Å². The first-order valence-corrected chi connectivity index (χ1v) is 24.4. The third-order valence-electron chi connectivity index (χ3n) is 14.2. The lowest BCUT2D eigenvalue weighted by molar-refractivity contribution is 0.0737. The summed E-state index contributed by atoms with van der Waals surface area (Å²) in [7, 11) is 3.66. The fraction of sp³-hybridized carbons (Fsp3) is 0.556. The molecule has 14 heteroatoms. The first kappa shape index (κ1) is 51.8. The Bertz CT molecular complexity index is 2410. The number of nitrogens with zero attached hydrogens (tertiary/aromatic N) is 10. The quantitative estimate of drug-likeness (QED) is 0.1000. The van der Waals surface area contributed by atoms with Crippen molar-refractivity contribution in [2.45, 2.75) is 140 Å². The van der Waals surface area contributed by atoms with E-state index in [-0.39, 0.29) is 0 Å². The van der Waals surface area contributed by atoms with Crippen LogP contribution in [0.2, 0.25) is 0 Å². The molecule has 2 unspecified atom stereocenters. The number of aryl methyl sites for hydroxylation is 6. The van der Waals surface area contributed by atoms with Gasteiger partial charge in [0.1, 0.15) is 11.6 Å². The molecule has 6 aromatic heterocycles. The molecule has 0 aliphatic heterocycles. The summed E-state index contributed by atoms with van der Waals surface area (Å²) in [5, 5.41) is 28.9. The van der Waals surface area contributed by atoms with Gasteiger partial charge >= 0.3 is 0 Å². The minimum Gasteiger partial charge on any atom is -0.477 e. The Hall–Kier alpha value is -5.60. The smallest absolute Gasteiger partial charge is 0.224 e. The SMILES string of the molecule is CC(C)C(C)(C)C(C)(C)C.CCc1ccc([C@H]2C[C@@H]2COc2nc(C)ncc2-c2cn(C)nc2C(C)O)nc1.CCc1ccc([C@H]2C[C@@H]2COc2nc(C)ncc2-c2cn(C)nc2C(C)O)nc1. The third-order valence-corrected chi connectivity index (χ3v) is 14.2. The number of aliphatic hydroxyl groups is 2. The van der Waals surface area contributed by atoms with E-state index < -0.39 is 12.2 Å². The Kier molecular flexibility index (Phi) is 16.6.